The van der Waals surface area contributed by atoms with E-state index in [4.69, 9.17) is 0 Å². The van der Waals surface area contributed by atoms with Crippen LogP contribution in [0.15, 0.2) is 53.7 Å². The van der Waals surface area contributed by atoms with Gasteiger partial charge in [-0.1, -0.05) is 0 Å². The topological polar surface area (TPSA) is 117 Å². The molecule has 2 aromatic heterocycles. The summed E-state index contributed by atoms with van der Waals surface area (Å²) in [5.74, 6) is -0.00365. The quantitative estimate of drug-likeness (QED) is 0.658. The number of aromatic nitrogens is 3. The summed E-state index contributed by atoms with van der Waals surface area (Å²) in [7, 11) is -3.69. The van der Waals surface area contributed by atoms with Gasteiger partial charge in [0.15, 0.2) is 5.65 Å². The predicted octanol–water partition coefficient (Wildman–Crippen LogP) is 0.834. The number of fused-ring (bicyclic) bond motifs is 1. The number of sulfonamides is 1. The zero-order valence-electron chi connectivity index (χ0n) is 16.2. The van der Waals surface area contributed by atoms with Crippen molar-refractivity contribution in [2.75, 3.05) is 31.5 Å². The molecule has 2 amide bonds. The third-order valence-corrected chi connectivity index (χ3v) is 6.88. The van der Waals surface area contributed by atoms with Gasteiger partial charge in [0.1, 0.15) is 5.82 Å². The maximum atomic E-state index is 12.9. The Labute approximate surface area is 173 Å². The molecule has 1 saturated heterocycles. The van der Waals surface area contributed by atoms with Crippen molar-refractivity contribution in [3.8, 4) is 0 Å². The number of carbonyl (C=O) groups excluding carboxylic acids is 2. The summed E-state index contributed by atoms with van der Waals surface area (Å²) < 4.78 is 28.6. The van der Waals surface area contributed by atoms with Crippen molar-refractivity contribution in [3.05, 3.63) is 54.4 Å². The van der Waals surface area contributed by atoms with Gasteiger partial charge in [0.25, 0.3) is 5.91 Å². The summed E-state index contributed by atoms with van der Waals surface area (Å²) >= 11 is 0. The number of rotatable bonds is 4. The zero-order valence-corrected chi connectivity index (χ0v) is 17.0. The number of amides is 2. The smallest absolute Gasteiger partial charge is 0.256 e. The molecule has 1 fully saturated rings. The Morgan fingerprint density at radius 1 is 0.967 bits per heavy atom. The second-order valence-corrected chi connectivity index (χ2v) is 8.76. The summed E-state index contributed by atoms with van der Waals surface area (Å²) in [5, 5.41) is 6.86. The number of benzene rings is 1. The lowest BCUT2D eigenvalue weighted by Crippen LogP contribution is -2.49. The predicted molar refractivity (Wildman–Crippen MR) is 108 cm³/mol. The van der Waals surface area contributed by atoms with E-state index < -0.39 is 15.9 Å². The number of hydrogen-bond donors (Lipinski definition) is 1. The van der Waals surface area contributed by atoms with E-state index >= 15 is 0 Å². The molecular formula is C19H20N6O4S. The molecule has 0 saturated carbocycles. The van der Waals surface area contributed by atoms with Crippen molar-refractivity contribution in [2.45, 2.75) is 11.8 Å². The highest BCUT2D eigenvalue weighted by Crippen LogP contribution is 2.19. The van der Waals surface area contributed by atoms with Crippen molar-refractivity contribution in [3.63, 3.8) is 0 Å². The van der Waals surface area contributed by atoms with Crippen LogP contribution >= 0.6 is 0 Å². The van der Waals surface area contributed by atoms with Gasteiger partial charge < -0.3 is 10.2 Å². The molecule has 1 aliphatic rings. The molecule has 1 N–H and O–H groups in total. The molecule has 0 atom stereocenters. The summed E-state index contributed by atoms with van der Waals surface area (Å²) in [4.78, 5) is 29.9. The van der Waals surface area contributed by atoms with E-state index in [1.54, 1.807) is 29.4 Å². The zero-order chi connectivity index (χ0) is 21.3. The van der Waals surface area contributed by atoms with Crippen LogP contribution in [0.1, 0.15) is 17.3 Å². The molecule has 1 aliphatic heterocycles. The molecule has 10 nitrogen and oxygen atoms in total. The van der Waals surface area contributed by atoms with Crippen molar-refractivity contribution in [1.82, 2.24) is 23.8 Å². The Balaban J connectivity index is 1.48. The summed E-state index contributed by atoms with van der Waals surface area (Å²) in [5.41, 5.74) is 0.909. The molecule has 0 radical (unpaired) electrons. The SMILES string of the molecule is CC(=O)N1CCN(S(=O)(=O)c2ccc(C(=O)Nc3ccnc4ccnn34)cc2)CC1. The van der Waals surface area contributed by atoms with E-state index in [9.17, 15) is 18.0 Å². The lowest BCUT2D eigenvalue weighted by Gasteiger charge is -2.33. The van der Waals surface area contributed by atoms with Crippen LogP contribution in [0.5, 0.6) is 0 Å². The molecule has 0 bridgehead atoms. The van der Waals surface area contributed by atoms with Crippen LogP contribution < -0.4 is 5.32 Å². The third-order valence-electron chi connectivity index (χ3n) is 4.97. The highest BCUT2D eigenvalue weighted by atomic mass is 32.2. The van der Waals surface area contributed by atoms with Crippen molar-refractivity contribution >= 4 is 33.3 Å². The summed E-state index contributed by atoms with van der Waals surface area (Å²) in [6.07, 6.45) is 3.14. The number of piperazine rings is 1. The van der Waals surface area contributed by atoms with Gasteiger partial charge in [0.2, 0.25) is 15.9 Å². The molecule has 156 valence electrons. The van der Waals surface area contributed by atoms with Gasteiger partial charge in [-0.2, -0.15) is 13.9 Å². The number of nitrogens with zero attached hydrogens (tertiary/aromatic N) is 5. The van der Waals surface area contributed by atoms with Gasteiger partial charge in [-0.15, -0.1) is 0 Å². The Bertz CT molecular complexity index is 1200. The molecule has 3 heterocycles. The second-order valence-electron chi connectivity index (χ2n) is 6.82. The molecule has 1 aromatic carbocycles. The minimum absolute atomic E-state index is 0.0657. The highest BCUT2D eigenvalue weighted by molar-refractivity contribution is 7.89. The van der Waals surface area contributed by atoms with Crippen LogP contribution in [0.2, 0.25) is 0 Å². The lowest BCUT2D eigenvalue weighted by atomic mass is 10.2. The Morgan fingerprint density at radius 2 is 1.67 bits per heavy atom. The Hall–Kier alpha value is -3.31. The van der Waals surface area contributed by atoms with E-state index in [2.05, 4.69) is 15.4 Å². The molecule has 3 aromatic rings. The van der Waals surface area contributed by atoms with Gasteiger partial charge in [-0.25, -0.2) is 13.4 Å². The van der Waals surface area contributed by atoms with Gasteiger partial charge >= 0.3 is 0 Å². The first-order valence-electron chi connectivity index (χ1n) is 9.32. The van der Waals surface area contributed by atoms with Crippen molar-refractivity contribution in [2.24, 2.45) is 0 Å². The first-order valence-corrected chi connectivity index (χ1v) is 10.8. The Morgan fingerprint density at radius 3 is 2.33 bits per heavy atom. The molecule has 0 spiro atoms. The van der Waals surface area contributed by atoms with Crippen LogP contribution in [0.4, 0.5) is 5.82 Å². The average Bonchev–Trinajstić information content (AvgIpc) is 3.24. The van der Waals surface area contributed by atoms with E-state index in [0.29, 0.717) is 30.1 Å². The fourth-order valence-corrected chi connectivity index (χ4v) is 4.71. The van der Waals surface area contributed by atoms with Crippen molar-refractivity contribution < 1.29 is 18.0 Å². The largest absolute Gasteiger partial charge is 0.340 e. The molecule has 4 rings (SSSR count). The minimum Gasteiger partial charge on any atom is -0.340 e. The van der Waals surface area contributed by atoms with E-state index in [-0.39, 0.29) is 23.9 Å². The number of nitrogens with one attached hydrogen (secondary N) is 1. The van der Waals surface area contributed by atoms with Crippen molar-refractivity contribution in [1.29, 1.82) is 0 Å². The van der Waals surface area contributed by atoms with E-state index in [0.717, 1.165) is 0 Å². The molecule has 0 unspecified atom stereocenters. The number of anilines is 1. The van der Waals surface area contributed by atoms with Crippen LogP contribution in [0.25, 0.3) is 5.65 Å². The summed E-state index contributed by atoms with van der Waals surface area (Å²) in [6, 6.07) is 9.10. The standard InChI is InChI=1S/C19H20N6O4S/c1-14(26)23-10-12-24(13-11-23)30(28,29)16-4-2-15(3-5-16)19(27)22-18-6-8-20-17-7-9-21-25(17)18/h2-9H,10-13H2,1H3,(H,22,27). The minimum atomic E-state index is -3.69. The Kier molecular flexibility index (Phi) is 5.22. The fourth-order valence-electron chi connectivity index (χ4n) is 3.29. The van der Waals surface area contributed by atoms with Gasteiger partial charge in [-0.05, 0) is 30.3 Å². The maximum Gasteiger partial charge on any atom is 0.256 e. The van der Waals surface area contributed by atoms with Gasteiger partial charge in [-0.3, -0.25) is 9.59 Å². The maximum absolute atomic E-state index is 12.9. The number of carbonyl (C=O) groups is 2. The lowest BCUT2D eigenvalue weighted by molar-refractivity contribution is -0.129. The first-order chi connectivity index (χ1) is 14.4. The van der Waals surface area contributed by atoms with Gasteiger partial charge in [0.05, 0.1) is 11.1 Å². The molecule has 11 heteroatoms. The fraction of sp³-hybridized carbons (Fsp3) is 0.263. The van der Waals surface area contributed by atoms with Crippen LogP contribution in [-0.2, 0) is 14.8 Å². The summed E-state index contributed by atoms with van der Waals surface area (Å²) in [6.45, 7) is 2.68. The van der Waals surface area contributed by atoms with Crippen LogP contribution in [0, 0.1) is 0 Å². The second kappa shape index (κ2) is 7.84. The third kappa shape index (κ3) is 3.76. The van der Waals surface area contributed by atoms with Gasteiger partial charge in [0, 0.05) is 50.9 Å². The van der Waals surface area contributed by atoms with E-state index in [1.807, 2.05) is 0 Å². The molecule has 30 heavy (non-hydrogen) atoms. The van der Waals surface area contributed by atoms with Crippen LogP contribution in [-0.4, -0.2) is 70.2 Å². The van der Waals surface area contributed by atoms with Crippen LogP contribution in [0.3, 0.4) is 0 Å². The number of hydrogen-bond acceptors (Lipinski definition) is 6. The average molecular weight is 428 g/mol. The monoisotopic (exact) mass is 428 g/mol. The molecular weight excluding hydrogens is 408 g/mol. The normalized spacial score (nSPS) is 15.3. The molecule has 0 aliphatic carbocycles. The highest BCUT2D eigenvalue weighted by Gasteiger charge is 2.29. The first kappa shape index (κ1) is 20.0. The van der Waals surface area contributed by atoms with E-state index in [1.165, 1.54) is 40.0 Å².